The summed E-state index contributed by atoms with van der Waals surface area (Å²) < 4.78 is 0. The summed E-state index contributed by atoms with van der Waals surface area (Å²) in [6.07, 6.45) is 0.863. The first-order chi connectivity index (χ1) is 9.25. The topological polar surface area (TPSA) is 58.2 Å². The van der Waals surface area contributed by atoms with Crippen LogP contribution in [0, 0.1) is 5.41 Å². The standard InChI is InChI=1S/C16H24N2O2/c1-6-11(2)17-14(19)12-9-7-8-10-13(12)18-15(20)16(3,4)5/h7-11H,6H2,1-5H3,(H,17,19)(H,18,20)/t11-/m1/s1. The molecule has 2 N–H and O–H groups in total. The van der Waals surface area contributed by atoms with Gasteiger partial charge in [-0.15, -0.1) is 0 Å². The molecule has 110 valence electrons. The molecule has 4 heteroatoms. The zero-order chi connectivity index (χ0) is 15.3. The maximum atomic E-state index is 12.2. The Kier molecular flexibility index (Phi) is 5.31. The molecular formula is C16H24N2O2. The third kappa shape index (κ3) is 4.37. The molecule has 0 radical (unpaired) electrons. The van der Waals surface area contributed by atoms with Crippen molar-refractivity contribution in [1.29, 1.82) is 0 Å². The van der Waals surface area contributed by atoms with Crippen LogP contribution in [0.5, 0.6) is 0 Å². The quantitative estimate of drug-likeness (QED) is 0.887. The van der Waals surface area contributed by atoms with Crippen LogP contribution in [0.1, 0.15) is 51.4 Å². The van der Waals surface area contributed by atoms with E-state index >= 15 is 0 Å². The second-order valence-corrected chi connectivity index (χ2v) is 6.03. The number of para-hydroxylation sites is 1. The van der Waals surface area contributed by atoms with Crippen molar-refractivity contribution < 1.29 is 9.59 Å². The number of benzene rings is 1. The van der Waals surface area contributed by atoms with E-state index < -0.39 is 5.41 Å². The van der Waals surface area contributed by atoms with Gasteiger partial charge in [0.25, 0.3) is 5.91 Å². The summed E-state index contributed by atoms with van der Waals surface area (Å²) in [6, 6.07) is 7.16. The summed E-state index contributed by atoms with van der Waals surface area (Å²) in [5.41, 5.74) is 0.541. The fourth-order valence-corrected chi connectivity index (χ4v) is 1.50. The number of rotatable bonds is 4. The number of nitrogens with one attached hydrogen (secondary N) is 2. The molecule has 0 spiro atoms. The van der Waals surface area contributed by atoms with Crippen molar-refractivity contribution in [3.63, 3.8) is 0 Å². The summed E-state index contributed by atoms with van der Waals surface area (Å²) >= 11 is 0. The van der Waals surface area contributed by atoms with Gasteiger partial charge in [-0.05, 0) is 25.5 Å². The average Bonchev–Trinajstić information content (AvgIpc) is 2.37. The second-order valence-electron chi connectivity index (χ2n) is 6.03. The molecule has 0 aliphatic carbocycles. The Balaban J connectivity index is 2.94. The van der Waals surface area contributed by atoms with Crippen LogP contribution in [-0.4, -0.2) is 17.9 Å². The zero-order valence-corrected chi connectivity index (χ0v) is 12.9. The molecule has 20 heavy (non-hydrogen) atoms. The average molecular weight is 276 g/mol. The number of carbonyl (C=O) groups is 2. The van der Waals surface area contributed by atoms with Gasteiger partial charge in [0.15, 0.2) is 0 Å². The minimum absolute atomic E-state index is 0.105. The molecular weight excluding hydrogens is 252 g/mol. The molecule has 0 unspecified atom stereocenters. The van der Waals surface area contributed by atoms with Gasteiger partial charge in [0.05, 0.1) is 11.3 Å². The third-order valence-corrected chi connectivity index (χ3v) is 3.09. The predicted octanol–water partition coefficient (Wildman–Crippen LogP) is 3.20. The van der Waals surface area contributed by atoms with Crippen LogP contribution < -0.4 is 10.6 Å². The van der Waals surface area contributed by atoms with Crippen molar-refractivity contribution in [3.05, 3.63) is 29.8 Å². The highest BCUT2D eigenvalue weighted by atomic mass is 16.2. The highest BCUT2D eigenvalue weighted by Crippen LogP contribution is 2.20. The van der Waals surface area contributed by atoms with E-state index in [0.29, 0.717) is 11.3 Å². The van der Waals surface area contributed by atoms with E-state index in [1.165, 1.54) is 0 Å². The maximum Gasteiger partial charge on any atom is 0.253 e. The van der Waals surface area contributed by atoms with Gasteiger partial charge >= 0.3 is 0 Å². The van der Waals surface area contributed by atoms with Crippen LogP contribution in [-0.2, 0) is 4.79 Å². The van der Waals surface area contributed by atoms with Crippen LogP contribution in [0.15, 0.2) is 24.3 Å². The van der Waals surface area contributed by atoms with Gasteiger partial charge in [-0.3, -0.25) is 9.59 Å². The summed E-state index contributed by atoms with van der Waals surface area (Å²) in [6.45, 7) is 9.48. The van der Waals surface area contributed by atoms with Crippen LogP contribution >= 0.6 is 0 Å². The van der Waals surface area contributed by atoms with Crippen molar-refractivity contribution in [2.24, 2.45) is 5.41 Å². The minimum atomic E-state index is -0.500. The largest absolute Gasteiger partial charge is 0.350 e. The Morgan fingerprint density at radius 3 is 2.35 bits per heavy atom. The first-order valence-corrected chi connectivity index (χ1v) is 6.97. The first kappa shape index (κ1) is 16.2. The van der Waals surface area contributed by atoms with Gasteiger partial charge in [0.1, 0.15) is 0 Å². The number of amides is 2. The lowest BCUT2D eigenvalue weighted by Gasteiger charge is -2.20. The van der Waals surface area contributed by atoms with E-state index in [2.05, 4.69) is 10.6 Å². The van der Waals surface area contributed by atoms with Crippen LogP contribution in [0.3, 0.4) is 0 Å². The highest BCUT2D eigenvalue weighted by Gasteiger charge is 2.23. The van der Waals surface area contributed by atoms with E-state index in [-0.39, 0.29) is 17.9 Å². The molecule has 4 nitrogen and oxygen atoms in total. The molecule has 0 saturated heterocycles. The molecule has 0 aliphatic heterocycles. The molecule has 0 aliphatic rings. The number of hydrogen-bond donors (Lipinski definition) is 2. The summed E-state index contributed by atoms with van der Waals surface area (Å²) in [5, 5.41) is 5.73. The van der Waals surface area contributed by atoms with Gasteiger partial charge in [0.2, 0.25) is 5.91 Å². The molecule has 1 atom stereocenters. The molecule has 1 rings (SSSR count). The van der Waals surface area contributed by atoms with Gasteiger partial charge in [-0.1, -0.05) is 39.8 Å². The van der Waals surface area contributed by atoms with Gasteiger partial charge in [0, 0.05) is 11.5 Å². The third-order valence-electron chi connectivity index (χ3n) is 3.09. The Morgan fingerprint density at radius 1 is 1.20 bits per heavy atom. The molecule has 0 saturated carbocycles. The van der Waals surface area contributed by atoms with Crippen molar-refractivity contribution in [1.82, 2.24) is 5.32 Å². The molecule has 2 amide bonds. The molecule has 0 heterocycles. The van der Waals surface area contributed by atoms with Crippen molar-refractivity contribution in [3.8, 4) is 0 Å². The number of anilines is 1. The number of hydrogen-bond acceptors (Lipinski definition) is 2. The SMILES string of the molecule is CC[C@@H](C)NC(=O)c1ccccc1NC(=O)C(C)(C)C. The van der Waals surface area contributed by atoms with Crippen LogP contribution in [0.4, 0.5) is 5.69 Å². The van der Waals surface area contributed by atoms with E-state index in [9.17, 15) is 9.59 Å². The van der Waals surface area contributed by atoms with E-state index in [4.69, 9.17) is 0 Å². The molecule has 1 aromatic rings. The molecule has 0 fully saturated rings. The summed E-state index contributed by atoms with van der Waals surface area (Å²) in [5.74, 6) is -0.273. The lowest BCUT2D eigenvalue weighted by atomic mass is 9.95. The summed E-state index contributed by atoms with van der Waals surface area (Å²) in [7, 11) is 0. The number of carbonyl (C=O) groups excluding carboxylic acids is 2. The maximum absolute atomic E-state index is 12.2. The highest BCUT2D eigenvalue weighted by molar-refractivity contribution is 6.04. The summed E-state index contributed by atoms with van der Waals surface area (Å²) in [4.78, 5) is 24.2. The van der Waals surface area contributed by atoms with Crippen molar-refractivity contribution >= 4 is 17.5 Å². The van der Waals surface area contributed by atoms with Gasteiger partial charge in [-0.2, -0.15) is 0 Å². The van der Waals surface area contributed by atoms with Crippen molar-refractivity contribution in [2.45, 2.75) is 47.1 Å². The Bertz CT molecular complexity index is 489. The fourth-order valence-electron chi connectivity index (χ4n) is 1.50. The normalized spacial score (nSPS) is 12.7. The monoisotopic (exact) mass is 276 g/mol. The first-order valence-electron chi connectivity index (χ1n) is 6.97. The Morgan fingerprint density at radius 2 is 1.80 bits per heavy atom. The van der Waals surface area contributed by atoms with Gasteiger partial charge in [-0.25, -0.2) is 0 Å². The minimum Gasteiger partial charge on any atom is -0.350 e. The molecule has 0 bridgehead atoms. The van der Waals surface area contributed by atoms with E-state index in [0.717, 1.165) is 6.42 Å². The predicted molar refractivity (Wildman–Crippen MR) is 81.7 cm³/mol. The van der Waals surface area contributed by atoms with Crippen LogP contribution in [0.2, 0.25) is 0 Å². The Labute approximate surface area is 121 Å². The van der Waals surface area contributed by atoms with Gasteiger partial charge < -0.3 is 10.6 Å². The lowest BCUT2D eigenvalue weighted by Crippen LogP contribution is -2.33. The lowest BCUT2D eigenvalue weighted by molar-refractivity contribution is -0.123. The molecule has 0 aromatic heterocycles. The Hall–Kier alpha value is -1.84. The molecule has 1 aromatic carbocycles. The second kappa shape index (κ2) is 6.55. The smallest absolute Gasteiger partial charge is 0.253 e. The van der Waals surface area contributed by atoms with E-state index in [1.54, 1.807) is 24.3 Å². The van der Waals surface area contributed by atoms with Crippen LogP contribution in [0.25, 0.3) is 0 Å². The zero-order valence-electron chi connectivity index (χ0n) is 12.9. The van der Waals surface area contributed by atoms with Crippen molar-refractivity contribution in [2.75, 3.05) is 5.32 Å². The van der Waals surface area contributed by atoms with E-state index in [1.807, 2.05) is 34.6 Å². The fraction of sp³-hybridized carbons (Fsp3) is 0.500.